The molecule has 36 heavy (non-hydrogen) atoms. The smallest absolute Gasteiger partial charge is 0.276 e. The van der Waals surface area contributed by atoms with Crippen LogP contribution in [0.4, 0.5) is 11.4 Å². The van der Waals surface area contributed by atoms with Gasteiger partial charge < -0.3 is 4.90 Å². The first kappa shape index (κ1) is 27.7. The van der Waals surface area contributed by atoms with E-state index in [0.29, 0.717) is 5.65 Å². The lowest BCUT2D eigenvalue weighted by molar-refractivity contribution is 0.718. The summed E-state index contributed by atoms with van der Waals surface area (Å²) in [4.78, 5) is 26.2. The number of unbranched alkanes of at least 4 members (excludes halogenated alkanes) is 4. The fraction of sp³-hybridized carbons (Fsp3) is 0.567. The Kier molecular flexibility index (Phi) is 10.3. The molecular weight excluding hydrogens is 446 g/mol. The molecule has 2 heterocycles. The molecule has 0 aliphatic carbocycles. The van der Waals surface area contributed by atoms with Crippen molar-refractivity contribution >= 4 is 23.1 Å². The van der Waals surface area contributed by atoms with Crippen molar-refractivity contribution in [2.45, 2.75) is 99.3 Å². The number of benzene rings is 1. The number of nitrogens with zero attached hydrogens (tertiary/aromatic N) is 4. The van der Waals surface area contributed by atoms with Gasteiger partial charge in [0.25, 0.3) is 5.56 Å². The summed E-state index contributed by atoms with van der Waals surface area (Å²) in [6.07, 6.45) is 11.1. The molecule has 6 nitrogen and oxygen atoms in total. The number of hydrogen-bond acceptors (Lipinski definition) is 4. The van der Waals surface area contributed by atoms with Crippen molar-refractivity contribution < 1.29 is 0 Å². The van der Waals surface area contributed by atoms with E-state index < -0.39 is 0 Å². The highest BCUT2D eigenvalue weighted by molar-refractivity contribution is 5.58. The third kappa shape index (κ3) is 6.26. The lowest BCUT2D eigenvalue weighted by atomic mass is 10.0. The summed E-state index contributed by atoms with van der Waals surface area (Å²) < 4.78 is 1.64. The van der Waals surface area contributed by atoms with E-state index >= 15 is 0 Å². The fourth-order valence-corrected chi connectivity index (χ4v) is 4.69. The van der Waals surface area contributed by atoms with Crippen molar-refractivity contribution in [1.82, 2.24) is 14.6 Å². The minimum absolute atomic E-state index is 0.0275. The largest absolute Gasteiger partial charge is 0.372 e. The second-order valence-corrected chi connectivity index (χ2v) is 9.68. The van der Waals surface area contributed by atoms with Gasteiger partial charge in [-0.1, -0.05) is 46.1 Å². The fourth-order valence-electron chi connectivity index (χ4n) is 4.69. The number of aryl methyl sites for hydroxylation is 2. The maximum absolute atomic E-state index is 13.6. The van der Waals surface area contributed by atoms with E-state index in [-0.39, 0.29) is 5.56 Å². The Hall–Kier alpha value is -2.89. The zero-order valence-electron chi connectivity index (χ0n) is 23.3. The van der Waals surface area contributed by atoms with Gasteiger partial charge in [-0.15, -0.1) is 0 Å². The van der Waals surface area contributed by atoms with Crippen LogP contribution in [-0.4, -0.2) is 27.7 Å². The molecule has 1 aromatic carbocycles. The molecular formula is C30H45N5O. The number of fused-ring (bicyclic) bond motifs is 1. The number of nitrogens with one attached hydrogen (secondary N) is 1. The van der Waals surface area contributed by atoms with Crippen LogP contribution in [0, 0.1) is 6.92 Å². The SMILES string of the molecule is CCCC/C=c1/[nH]n2c(=O)c(CCCC)c(CCCC)nc2c1=Nc1ccc(N(CC)CC)cc1C. The van der Waals surface area contributed by atoms with Crippen LogP contribution >= 0.6 is 0 Å². The molecule has 3 aromatic rings. The Morgan fingerprint density at radius 1 is 1.00 bits per heavy atom. The van der Waals surface area contributed by atoms with Gasteiger partial charge in [0.2, 0.25) is 0 Å². The van der Waals surface area contributed by atoms with Gasteiger partial charge in [-0.05, 0) is 83.1 Å². The molecule has 0 fully saturated rings. The standard InChI is InChI=1S/C30H45N5O/c1-7-12-15-18-27-28(31-25-20-19-23(21-22(25)6)34(10-4)11-5)29-32-26(17-14-9-3)24(16-13-8-2)30(36)35(29)33-27/h18-21,33H,7-17H2,1-6H3/b27-18+,31-28?. The maximum Gasteiger partial charge on any atom is 0.276 e. The molecule has 0 aliphatic rings. The molecule has 0 aliphatic heterocycles. The number of aromatic amines is 1. The summed E-state index contributed by atoms with van der Waals surface area (Å²) in [5, 5.41) is 5.01. The molecule has 0 unspecified atom stereocenters. The number of anilines is 1. The zero-order valence-corrected chi connectivity index (χ0v) is 23.3. The minimum Gasteiger partial charge on any atom is -0.372 e. The summed E-state index contributed by atoms with van der Waals surface area (Å²) in [5.74, 6) is 0. The van der Waals surface area contributed by atoms with Crippen molar-refractivity contribution in [3.63, 3.8) is 0 Å². The van der Waals surface area contributed by atoms with Crippen LogP contribution in [0.5, 0.6) is 0 Å². The number of rotatable bonds is 13. The van der Waals surface area contributed by atoms with Crippen molar-refractivity contribution in [2.24, 2.45) is 4.99 Å². The van der Waals surface area contributed by atoms with Gasteiger partial charge in [0.15, 0.2) is 5.65 Å². The van der Waals surface area contributed by atoms with Gasteiger partial charge in [-0.25, -0.2) is 9.98 Å². The van der Waals surface area contributed by atoms with E-state index in [1.54, 1.807) is 4.52 Å². The van der Waals surface area contributed by atoms with E-state index in [9.17, 15) is 4.79 Å². The van der Waals surface area contributed by atoms with Crippen molar-refractivity contribution in [2.75, 3.05) is 18.0 Å². The molecule has 2 aromatic heterocycles. The number of hydrogen-bond donors (Lipinski definition) is 1. The highest BCUT2D eigenvalue weighted by atomic mass is 16.1. The zero-order chi connectivity index (χ0) is 26.1. The number of aromatic nitrogens is 3. The molecule has 196 valence electrons. The van der Waals surface area contributed by atoms with Crippen LogP contribution < -0.4 is 21.2 Å². The predicted molar refractivity (Wildman–Crippen MR) is 152 cm³/mol. The van der Waals surface area contributed by atoms with E-state index in [4.69, 9.17) is 9.98 Å². The molecule has 0 saturated heterocycles. The van der Waals surface area contributed by atoms with Crippen LogP contribution in [-0.2, 0) is 12.8 Å². The van der Waals surface area contributed by atoms with Gasteiger partial charge >= 0.3 is 0 Å². The molecule has 0 amide bonds. The summed E-state index contributed by atoms with van der Waals surface area (Å²) >= 11 is 0. The van der Waals surface area contributed by atoms with Crippen molar-refractivity contribution in [3.05, 3.63) is 56.1 Å². The van der Waals surface area contributed by atoms with E-state index in [1.807, 2.05) is 0 Å². The second kappa shape index (κ2) is 13.4. The normalized spacial score (nSPS) is 12.7. The van der Waals surface area contributed by atoms with Gasteiger partial charge in [0.05, 0.1) is 16.7 Å². The topological polar surface area (TPSA) is 65.8 Å². The molecule has 0 atom stereocenters. The average Bonchev–Trinajstić information content (AvgIpc) is 3.22. The summed E-state index contributed by atoms with van der Waals surface area (Å²) in [5.41, 5.74) is 5.71. The average molecular weight is 492 g/mol. The first-order valence-corrected chi connectivity index (χ1v) is 14.1. The van der Waals surface area contributed by atoms with Crippen LogP contribution in [0.3, 0.4) is 0 Å². The lowest BCUT2D eigenvalue weighted by Crippen LogP contribution is -2.24. The Morgan fingerprint density at radius 3 is 2.33 bits per heavy atom. The van der Waals surface area contributed by atoms with Gasteiger partial charge in [0, 0.05) is 24.3 Å². The monoisotopic (exact) mass is 491 g/mol. The Labute approximate surface area is 216 Å². The minimum atomic E-state index is 0.0275. The van der Waals surface area contributed by atoms with Gasteiger partial charge in [0.1, 0.15) is 5.36 Å². The first-order valence-electron chi connectivity index (χ1n) is 14.1. The molecule has 0 spiro atoms. The van der Waals surface area contributed by atoms with E-state index in [0.717, 1.165) is 104 Å². The third-order valence-corrected chi connectivity index (χ3v) is 6.96. The summed E-state index contributed by atoms with van der Waals surface area (Å²) in [6, 6.07) is 6.44. The Bertz CT molecular complexity index is 1310. The third-order valence-electron chi connectivity index (χ3n) is 6.96. The Morgan fingerprint density at radius 2 is 1.69 bits per heavy atom. The summed E-state index contributed by atoms with van der Waals surface area (Å²) in [7, 11) is 0. The first-order chi connectivity index (χ1) is 17.5. The molecule has 6 heteroatoms. The molecule has 0 saturated carbocycles. The molecule has 1 N–H and O–H groups in total. The van der Waals surface area contributed by atoms with Gasteiger partial charge in [-0.2, -0.15) is 4.52 Å². The van der Waals surface area contributed by atoms with Crippen LogP contribution in [0.2, 0.25) is 0 Å². The maximum atomic E-state index is 13.6. The van der Waals surface area contributed by atoms with Gasteiger partial charge in [-0.3, -0.25) is 9.89 Å². The Balaban J connectivity index is 2.28. The predicted octanol–water partition coefficient (Wildman–Crippen LogP) is 5.78. The second-order valence-electron chi connectivity index (χ2n) is 9.68. The summed E-state index contributed by atoms with van der Waals surface area (Å²) in [6.45, 7) is 14.9. The van der Waals surface area contributed by atoms with Crippen molar-refractivity contribution in [3.8, 4) is 0 Å². The van der Waals surface area contributed by atoms with E-state index in [2.05, 4.69) is 75.8 Å². The molecule has 0 bridgehead atoms. The highest BCUT2D eigenvalue weighted by Gasteiger charge is 2.16. The van der Waals surface area contributed by atoms with Crippen LogP contribution in [0.25, 0.3) is 11.7 Å². The van der Waals surface area contributed by atoms with Crippen molar-refractivity contribution in [1.29, 1.82) is 0 Å². The molecule has 3 rings (SSSR count). The molecule has 0 radical (unpaired) electrons. The van der Waals surface area contributed by atoms with E-state index in [1.165, 1.54) is 5.69 Å². The lowest BCUT2D eigenvalue weighted by Gasteiger charge is -2.21. The van der Waals surface area contributed by atoms with Crippen LogP contribution in [0.1, 0.15) is 96.4 Å². The van der Waals surface area contributed by atoms with Crippen LogP contribution in [0.15, 0.2) is 28.0 Å². The highest BCUT2D eigenvalue weighted by Crippen LogP contribution is 2.24. The quantitative estimate of drug-likeness (QED) is 0.308. The number of H-pyrrole nitrogens is 1.